The van der Waals surface area contributed by atoms with Crippen LogP contribution < -0.4 is 5.32 Å². The molecule has 4 rings (SSSR count). The fourth-order valence-electron chi connectivity index (χ4n) is 12.0. The van der Waals surface area contributed by atoms with Crippen LogP contribution in [0.3, 0.4) is 0 Å². The minimum atomic E-state index is -3.30. The normalized spacial score (nSPS) is 24.9. The number of sulfone groups is 2. The largest absolute Gasteiger partial charge is 0.313 e. The van der Waals surface area contributed by atoms with Crippen molar-refractivity contribution in [2.45, 2.75) is 252 Å². The van der Waals surface area contributed by atoms with Gasteiger partial charge in [-0.2, -0.15) is 10.1 Å². The smallest absolute Gasteiger partial charge is 0.176 e. The zero-order valence-electron chi connectivity index (χ0n) is 46.9. The lowest BCUT2D eigenvalue weighted by Crippen LogP contribution is -2.61. The number of hydroxylamine groups is 4. The summed E-state index contributed by atoms with van der Waals surface area (Å²) in [7, 11) is -4.32. The molecule has 0 aromatic heterocycles. The third-order valence-electron chi connectivity index (χ3n) is 14.8. The number of allylic oxidation sites excluding steroid dienone is 4. The van der Waals surface area contributed by atoms with Crippen LogP contribution in [0.15, 0.2) is 47.3 Å². The predicted molar refractivity (Wildman–Crippen MR) is 283 cm³/mol. The molecule has 0 unspecified atom stereocenters. The average Bonchev–Trinajstić information content (AvgIpc) is 3.10. The van der Waals surface area contributed by atoms with E-state index in [4.69, 9.17) is 0 Å². The quantitative estimate of drug-likeness (QED) is 0.168. The summed E-state index contributed by atoms with van der Waals surface area (Å²) in [5.41, 5.74) is 0.0685. The summed E-state index contributed by atoms with van der Waals surface area (Å²) in [4.78, 5) is 26.4. The van der Waals surface area contributed by atoms with Gasteiger partial charge in [0.05, 0.1) is 11.0 Å². The summed E-state index contributed by atoms with van der Waals surface area (Å²) in [6.07, 6.45) is 7.80. The van der Waals surface area contributed by atoms with Crippen LogP contribution in [0.4, 0.5) is 0 Å². The van der Waals surface area contributed by atoms with Crippen LogP contribution in [-0.2, 0) is 29.3 Å². The Balaban J connectivity index is 0.000000454. The molecule has 4 aliphatic rings. The van der Waals surface area contributed by atoms with Gasteiger partial charge in [0.2, 0.25) is 0 Å². The molecule has 0 amide bonds. The molecule has 396 valence electrons. The summed E-state index contributed by atoms with van der Waals surface area (Å²) in [6, 6.07) is 0. The van der Waals surface area contributed by atoms with E-state index in [2.05, 4.69) is 99.0 Å². The first kappa shape index (κ1) is 64.0. The van der Waals surface area contributed by atoms with Gasteiger partial charge in [-0.15, -0.1) is 0 Å². The number of nitrogens with zero attached hydrogens (tertiary/aromatic N) is 3. The molecule has 68 heavy (non-hydrogen) atoms. The van der Waals surface area contributed by atoms with Gasteiger partial charge in [-0.25, -0.2) is 16.8 Å². The van der Waals surface area contributed by atoms with E-state index in [1.807, 2.05) is 62.3 Å². The number of carbonyl (C=O) groups excluding carboxylic acids is 2. The molecule has 0 aromatic rings. The number of carbonyl (C=O) groups is 2. The van der Waals surface area contributed by atoms with E-state index >= 15 is 0 Å². The highest BCUT2D eigenvalue weighted by atomic mass is 32.2. The molecule has 0 aliphatic carbocycles. The minimum Gasteiger partial charge on any atom is -0.313 e. The molecule has 0 saturated carbocycles. The number of hydrogen-bond donors (Lipinski definition) is 3. The SMILES string of the molecule is C=C(C)C(=O)CC1CC(C)(C)N(C)C(C)(C)C1.C=C(C)C(=O)CC1CC(C)(C)NC(C)(C)C1.C=C(C)S(=O)(=O)C1CC(C)(C)N(O)C(C)(C)C1.C=C(C)S(=O)(=O)CC1CC(C)(C)N(O)C(C)(C)C1. The standard InChI is InChI=1S/C15H27NO.C14H25NO.C13H25NO3S.C12H23NO3S/c1-11(2)13(17)8-12-9-14(3,4)16(7)15(5,6)10-12;1-10(2)12(16)7-11-8-13(3,4)15-14(5,6)9-11;1-10(2)18(16,17)9-11-7-12(3,4)14(15)13(5,6)8-11;1-9(2)17(15,16)10-7-11(3,4)13(14)12(5,6)8-10/h12H,1,8-10H2,2-7H3;11,15H,1,7-9H2,2-6H3;11,15H,1,7-9H2,2-6H3;10,14H,1,7-8H2,2-6H3. The number of hydrogen-bond acceptors (Lipinski definition) is 12. The number of nitrogens with one attached hydrogen (secondary N) is 1. The van der Waals surface area contributed by atoms with Gasteiger partial charge < -0.3 is 15.7 Å². The lowest BCUT2D eigenvalue weighted by molar-refractivity contribution is -0.249. The zero-order valence-corrected chi connectivity index (χ0v) is 48.6. The van der Waals surface area contributed by atoms with Gasteiger partial charge in [-0.05, 0) is 226 Å². The molecule has 14 heteroatoms. The summed E-state index contributed by atoms with van der Waals surface area (Å²) < 4.78 is 48.2. The highest BCUT2D eigenvalue weighted by Crippen LogP contribution is 2.44. The Morgan fingerprint density at radius 3 is 1.09 bits per heavy atom. The second kappa shape index (κ2) is 22.4. The second-order valence-corrected chi connectivity index (χ2v) is 31.1. The van der Waals surface area contributed by atoms with Crippen molar-refractivity contribution >= 4 is 31.2 Å². The van der Waals surface area contributed by atoms with Crippen LogP contribution in [0.5, 0.6) is 0 Å². The van der Waals surface area contributed by atoms with Crippen LogP contribution >= 0.6 is 0 Å². The maximum atomic E-state index is 12.2. The van der Waals surface area contributed by atoms with E-state index in [0.29, 0.717) is 61.5 Å². The van der Waals surface area contributed by atoms with E-state index in [9.17, 15) is 36.8 Å². The molecular formula is C54H100N4O8S2. The van der Waals surface area contributed by atoms with Gasteiger partial charge in [-0.1, -0.05) is 26.3 Å². The first-order valence-electron chi connectivity index (χ1n) is 24.6. The van der Waals surface area contributed by atoms with Gasteiger partial charge in [0.1, 0.15) is 0 Å². The molecule has 4 heterocycles. The van der Waals surface area contributed by atoms with Crippen LogP contribution in [0, 0.1) is 17.8 Å². The number of rotatable bonds is 11. The van der Waals surface area contributed by atoms with E-state index < -0.39 is 47.1 Å². The monoisotopic (exact) mass is 997 g/mol. The Bertz CT molecular complexity index is 2010. The Kier molecular flexibility index (Phi) is 21.1. The zero-order chi connectivity index (χ0) is 54.0. The molecule has 4 aliphatic heterocycles. The van der Waals surface area contributed by atoms with Gasteiger partial charge in [0.15, 0.2) is 31.2 Å². The van der Waals surface area contributed by atoms with Crippen LogP contribution in [0.2, 0.25) is 0 Å². The van der Waals surface area contributed by atoms with Crippen molar-refractivity contribution in [1.29, 1.82) is 0 Å². The molecule has 12 nitrogen and oxygen atoms in total. The van der Waals surface area contributed by atoms with Crippen molar-refractivity contribution in [3.63, 3.8) is 0 Å². The Labute approximate surface area is 416 Å². The third kappa shape index (κ3) is 17.9. The number of likely N-dealkylation sites (tertiary alicyclic amines) is 1. The fraction of sp³-hybridized carbons (Fsp3) is 0.815. The van der Waals surface area contributed by atoms with Crippen molar-refractivity contribution in [3.05, 3.63) is 47.3 Å². The topological polar surface area (TPSA) is 165 Å². The Hall–Kier alpha value is -2.04. The molecule has 0 spiro atoms. The number of ketones is 2. The van der Waals surface area contributed by atoms with Crippen molar-refractivity contribution in [2.24, 2.45) is 17.8 Å². The van der Waals surface area contributed by atoms with E-state index in [1.54, 1.807) is 6.92 Å². The molecule has 3 N–H and O–H groups in total. The van der Waals surface area contributed by atoms with Gasteiger partial charge in [0, 0.05) is 67.0 Å². The maximum Gasteiger partial charge on any atom is 0.176 e. The summed E-state index contributed by atoms with van der Waals surface area (Å²) >= 11 is 0. The Morgan fingerprint density at radius 2 is 0.794 bits per heavy atom. The van der Waals surface area contributed by atoms with Crippen molar-refractivity contribution in [2.75, 3.05) is 12.8 Å². The molecule has 4 saturated heterocycles. The van der Waals surface area contributed by atoms with Crippen molar-refractivity contribution in [1.82, 2.24) is 20.3 Å². The molecule has 0 radical (unpaired) electrons. The van der Waals surface area contributed by atoms with Gasteiger partial charge in [-0.3, -0.25) is 14.5 Å². The minimum absolute atomic E-state index is 0.0556. The van der Waals surface area contributed by atoms with E-state index in [1.165, 1.54) is 24.0 Å². The van der Waals surface area contributed by atoms with E-state index in [-0.39, 0.29) is 55.2 Å². The first-order valence-corrected chi connectivity index (χ1v) is 27.8. The molecule has 4 fully saturated rings. The van der Waals surface area contributed by atoms with E-state index in [0.717, 1.165) is 25.7 Å². The lowest BCUT2D eigenvalue weighted by atomic mass is 9.72. The van der Waals surface area contributed by atoms with Crippen LogP contribution in [-0.4, -0.2) is 116 Å². The Morgan fingerprint density at radius 1 is 0.500 bits per heavy atom. The predicted octanol–water partition coefficient (Wildman–Crippen LogP) is 11.4. The highest BCUT2D eigenvalue weighted by Gasteiger charge is 2.50. The highest BCUT2D eigenvalue weighted by molar-refractivity contribution is 7.95. The first-order chi connectivity index (χ1) is 30.0. The fourth-order valence-corrected chi connectivity index (χ4v) is 15.0. The van der Waals surface area contributed by atoms with Crippen LogP contribution in [0.25, 0.3) is 0 Å². The number of piperidine rings is 4. The summed E-state index contributed by atoms with van der Waals surface area (Å²) in [5.74, 6) is 1.60. The van der Waals surface area contributed by atoms with Gasteiger partial charge >= 0.3 is 0 Å². The summed E-state index contributed by atoms with van der Waals surface area (Å²) in [6.45, 7) is 54.4. The van der Waals surface area contributed by atoms with Crippen molar-refractivity contribution < 1.29 is 36.8 Å². The summed E-state index contributed by atoms with van der Waals surface area (Å²) in [5, 5.41) is 26.1. The molecule has 0 aromatic carbocycles. The number of Topliss-reactive ketones (excluding diaryl/α,β-unsaturated/α-hetero) is 2. The molecule has 0 bridgehead atoms. The maximum absolute atomic E-state index is 12.2. The lowest BCUT2D eigenvalue weighted by Gasteiger charge is -2.53. The van der Waals surface area contributed by atoms with Crippen LogP contribution in [0.1, 0.15) is 203 Å². The average molecular weight is 998 g/mol. The second-order valence-electron chi connectivity index (χ2n) is 26.3. The van der Waals surface area contributed by atoms with Gasteiger partial charge in [0.25, 0.3) is 0 Å². The third-order valence-corrected chi connectivity index (χ3v) is 19.0. The van der Waals surface area contributed by atoms with Crippen molar-refractivity contribution in [3.8, 4) is 0 Å². The molecule has 0 atom stereocenters. The molecular weight excluding hydrogens is 897 g/mol.